The smallest absolute Gasteiger partial charge is 0.166 e. The molecule has 3 heteroatoms. The van der Waals surface area contributed by atoms with Gasteiger partial charge in [0.05, 0.1) is 4.88 Å². The molecule has 0 radical (unpaired) electrons. The summed E-state index contributed by atoms with van der Waals surface area (Å²) in [5.74, 6) is 0.0958. The van der Waals surface area contributed by atoms with Gasteiger partial charge in [-0.3, -0.25) is 9.59 Å². The van der Waals surface area contributed by atoms with Crippen LogP contribution in [0.1, 0.15) is 33.9 Å². The molecular formula is C9H10O2S. The van der Waals surface area contributed by atoms with Gasteiger partial charge in [-0.05, 0) is 6.07 Å². The van der Waals surface area contributed by atoms with Crippen molar-refractivity contribution in [2.24, 2.45) is 5.92 Å². The lowest BCUT2D eigenvalue weighted by molar-refractivity contribution is 0.0940. The maximum atomic E-state index is 11.4. The molecule has 1 heterocycles. The lowest BCUT2D eigenvalue weighted by Gasteiger charge is -1.98. The van der Waals surface area contributed by atoms with E-state index >= 15 is 0 Å². The van der Waals surface area contributed by atoms with E-state index in [1.54, 1.807) is 11.4 Å². The number of carbonyl (C=O) groups excluding carboxylic acids is 2. The molecule has 0 N–H and O–H groups in total. The van der Waals surface area contributed by atoms with Crippen molar-refractivity contribution in [1.82, 2.24) is 0 Å². The first-order valence-corrected chi connectivity index (χ1v) is 4.61. The van der Waals surface area contributed by atoms with E-state index in [-0.39, 0.29) is 11.7 Å². The van der Waals surface area contributed by atoms with Crippen molar-refractivity contribution in [1.29, 1.82) is 0 Å². The molecule has 0 aliphatic carbocycles. The summed E-state index contributed by atoms with van der Waals surface area (Å²) in [6.45, 7) is 3.70. The standard InChI is InChI=1S/C9H10O2S/c1-6(2)9(11)7-3-8(4-10)12-5-7/h3-6H,1-2H3. The lowest BCUT2D eigenvalue weighted by Crippen LogP contribution is -2.05. The van der Waals surface area contributed by atoms with Gasteiger partial charge < -0.3 is 0 Å². The average molecular weight is 182 g/mol. The normalized spacial score (nSPS) is 10.2. The average Bonchev–Trinajstić information content (AvgIpc) is 2.50. The number of Topliss-reactive ketones (excluding diaryl/α,β-unsaturated/α-hetero) is 1. The highest BCUT2D eigenvalue weighted by atomic mass is 32.1. The fourth-order valence-corrected chi connectivity index (χ4v) is 1.57. The van der Waals surface area contributed by atoms with Gasteiger partial charge in [-0.15, -0.1) is 11.3 Å². The second kappa shape index (κ2) is 3.63. The number of ketones is 1. The Hall–Kier alpha value is -0.960. The van der Waals surface area contributed by atoms with Crippen LogP contribution >= 0.6 is 11.3 Å². The van der Waals surface area contributed by atoms with Crippen LogP contribution in [0.3, 0.4) is 0 Å². The van der Waals surface area contributed by atoms with Crippen LogP contribution in [0.15, 0.2) is 11.4 Å². The third kappa shape index (κ3) is 1.80. The van der Waals surface area contributed by atoms with E-state index in [0.29, 0.717) is 10.4 Å². The Morgan fingerprint density at radius 1 is 1.58 bits per heavy atom. The van der Waals surface area contributed by atoms with Crippen LogP contribution in [0.4, 0.5) is 0 Å². The number of hydrogen-bond donors (Lipinski definition) is 0. The second-order valence-corrected chi connectivity index (χ2v) is 3.82. The van der Waals surface area contributed by atoms with Gasteiger partial charge in [0.2, 0.25) is 0 Å². The number of hydrogen-bond acceptors (Lipinski definition) is 3. The molecule has 0 fully saturated rings. The Morgan fingerprint density at radius 2 is 2.25 bits per heavy atom. The Kier molecular flexibility index (Phi) is 2.76. The van der Waals surface area contributed by atoms with E-state index < -0.39 is 0 Å². The predicted octanol–water partition coefficient (Wildman–Crippen LogP) is 2.40. The van der Waals surface area contributed by atoms with Crippen LogP contribution in [-0.4, -0.2) is 12.1 Å². The summed E-state index contributed by atoms with van der Waals surface area (Å²) >= 11 is 1.31. The van der Waals surface area contributed by atoms with Crippen LogP contribution in [0.2, 0.25) is 0 Å². The maximum absolute atomic E-state index is 11.4. The molecule has 1 aromatic heterocycles. The Morgan fingerprint density at radius 3 is 2.67 bits per heavy atom. The van der Waals surface area contributed by atoms with E-state index in [1.807, 2.05) is 13.8 Å². The topological polar surface area (TPSA) is 34.1 Å². The molecule has 0 atom stereocenters. The molecule has 0 spiro atoms. The van der Waals surface area contributed by atoms with Crippen LogP contribution in [-0.2, 0) is 0 Å². The third-order valence-corrected chi connectivity index (χ3v) is 2.40. The highest BCUT2D eigenvalue weighted by Gasteiger charge is 2.11. The molecule has 0 amide bonds. The van der Waals surface area contributed by atoms with Gasteiger partial charge in [0.25, 0.3) is 0 Å². The van der Waals surface area contributed by atoms with Gasteiger partial charge in [-0.25, -0.2) is 0 Å². The van der Waals surface area contributed by atoms with Crippen molar-refractivity contribution in [3.63, 3.8) is 0 Å². The Labute approximate surface area is 75.2 Å². The summed E-state index contributed by atoms with van der Waals surface area (Å²) in [5.41, 5.74) is 0.650. The quantitative estimate of drug-likeness (QED) is 0.531. The van der Waals surface area contributed by atoms with Crippen molar-refractivity contribution in [2.75, 3.05) is 0 Å². The molecule has 0 aromatic carbocycles. The van der Waals surface area contributed by atoms with Crippen molar-refractivity contribution < 1.29 is 9.59 Å². The maximum Gasteiger partial charge on any atom is 0.166 e. The van der Waals surface area contributed by atoms with Gasteiger partial charge in [-0.2, -0.15) is 0 Å². The van der Waals surface area contributed by atoms with E-state index in [1.165, 1.54) is 11.3 Å². The zero-order valence-corrected chi connectivity index (χ0v) is 7.85. The van der Waals surface area contributed by atoms with Gasteiger partial charge >= 0.3 is 0 Å². The van der Waals surface area contributed by atoms with Crippen molar-refractivity contribution >= 4 is 23.4 Å². The molecule has 64 valence electrons. The van der Waals surface area contributed by atoms with Crippen LogP contribution in [0, 0.1) is 5.92 Å². The molecule has 0 unspecified atom stereocenters. The third-order valence-electron chi connectivity index (χ3n) is 1.54. The number of thiophene rings is 1. The van der Waals surface area contributed by atoms with E-state index in [0.717, 1.165) is 6.29 Å². The van der Waals surface area contributed by atoms with E-state index in [2.05, 4.69) is 0 Å². The molecular weight excluding hydrogens is 172 g/mol. The Bertz CT molecular complexity index is 299. The molecule has 12 heavy (non-hydrogen) atoms. The minimum Gasteiger partial charge on any atom is -0.297 e. The zero-order chi connectivity index (χ0) is 9.14. The SMILES string of the molecule is CC(C)C(=O)c1csc(C=O)c1. The summed E-state index contributed by atoms with van der Waals surface area (Å²) in [6, 6.07) is 1.64. The summed E-state index contributed by atoms with van der Waals surface area (Å²) in [7, 11) is 0. The molecule has 1 rings (SSSR count). The van der Waals surface area contributed by atoms with Crippen molar-refractivity contribution in [3.8, 4) is 0 Å². The first kappa shape index (κ1) is 9.13. The molecule has 0 saturated heterocycles. The van der Waals surface area contributed by atoms with Crippen LogP contribution < -0.4 is 0 Å². The highest BCUT2D eigenvalue weighted by Crippen LogP contribution is 2.15. The van der Waals surface area contributed by atoms with Crippen molar-refractivity contribution in [2.45, 2.75) is 13.8 Å². The molecule has 0 bridgehead atoms. The Balaban J connectivity index is 2.89. The number of rotatable bonds is 3. The fraction of sp³-hybridized carbons (Fsp3) is 0.333. The monoisotopic (exact) mass is 182 g/mol. The van der Waals surface area contributed by atoms with Gasteiger partial charge in [0, 0.05) is 16.9 Å². The second-order valence-electron chi connectivity index (χ2n) is 2.87. The first-order chi connectivity index (χ1) is 5.65. The number of carbonyl (C=O) groups is 2. The van der Waals surface area contributed by atoms with Crippen LogP contribution in [0.5, 0.6) is 0 Å². The van der Waals surface area contributed by atoms with Crippen LogP contribution in [0.25, 0.3) is 0 Å². The molecule has 0 aliphatic rings. The lowest BCUT2D eigenvalue weighted by atomic mass is 10.0. The van der Waals surface area contributed by atoms with Crippen molar-refractivity contribution in [3.05, 3.63) is 21.9 Å². The summed E-state index contributed by atoms with van der Waals surface area (Å²) < 4.78 is 0. The molecule has 1 aromatic rings. The first-order valence-electron chi connectivity index (χ1n) is 3.73. The van der Waals surface area contributed by atoms with E-state index in [4.69, 9.17) is 0 Å². The molecule has 2 nitrogen and oxygen atoms in total. The predicted molar refractivity (Wildman–Crippen MR) is 48.9 cm³/mol. The summed E-state index contributed by atoms with van der Waals surface area (Å²) in [4.78, 5) is 22.3. The van der Waals surface area contributed by atoms with E-state index in [9.17, 15) is 9.59 Å². The fourth-order valence-electron chi connectivity index (χ4n) is 0.877. The summed E-state index contributed by atoms with van der Waals surface area (Å²) in [6.07, 6.45) is 0.766. The highest BCUT2D eigenvalue weighted by molar-refractivity contribution is 7.12. The summed E-state index contributed by atoms with van der Waals surface area (Å²) in [5, 5.41) is 1.73. The molecule has 0 aliphatic heterocycles. The zero-order valence-electron chi connectivity index (χ0n) is 7.03. The minimum absolute atomic E-state index is 0.000831. The minimum atomic E-state index is -0.000831. The van der Waals surface area contributed by atoms with Gasteiger partial charge in [-0.1, -0.05) is 13.8 Å². The largest absolute Gasteiger partial charge is 0.297 e. The number of aldehydes is 1. The van der Waals surface area contributed by atoms with Gasteiger partial charge in [0.1, 0.15) is 0 Å². The molecule has 0 saturated carbocycles. The van der Waals surface area contributed by atoms with Gasteiger partial charge in [0.15, 0.2) is 12.1 Å².